The number of anilines is 1. The average molecular weight is 422 g/mol. The summed E-state index contributed by atoms with van der Waals surface area (Å²) in [4.78, 5) is 27.5. The van der Waals surface area contributed by atoms with Crippen molar-refractivity contribution in [1.82, 2.24) is 10.3 Å². The van der Waals surface area contributed by atoms with Crippen LogP contribution in [0.25, 0.3) is 0 Å². The highest BCUT2D eigenvalue weighted by Crippen LogP contribution is 2.20. The lowest BCUT2D eigenvalue weighted by Crippen LogP contribution is -2.30. The number of amides is 1. The van der Waals surface area contributed by atoms with E-state index in [9.17, 15) is 14.0 Å². The zero-order chi connectivity index (χ0) is 21.2. The first-order valence-electron chi connectivity index (χ1n) is 8.80. The molecule has 0 atom stereocenters. The van der Waals surface area contributed by atoms with Crippen molar-refractivity contribution >= 4 is 29.2 Å². The van der Waals surface area contributed by atoms with E-state index in [-0.39, 0.29) is 29.9 Å². The third-order valence-electron chi connectivity index (χ3n) is 3.58. The molecule has 0 saturated carbocycles. The summed E-state index contributed by atoms with van der Waals surface area (Å²) in [5.41, 5.74) is 1.53. The van der Waals surface area contributed by atoms with Crippen molar-refractivity contribution in [3.8, 4) is 5.75 Å². The zero-order valence-electron chi connectivity index (χ0n) is 15.8. The van der Waals surface area contributed by atoms with Gasteiger partial charge in [-0.3, -0.25) is 9.78 Å². The molecule has 154 valence electrons. The summed E-state index contributed by atoms with van der Waals surface area (Å²) >= 11 is 5.59. The molecular formula is C20H21ClFN3O4. The van der Waals surface area contributed by atoms with Crippen LogP contribution in [0.3, 0.4) is 0 Å². The number of hydrogen-bond donors (Lipinski definition) is 2. The molecule has 9 heteroatoms. The van der Waals surface area contributed by atoms with Gasteiger partial charge in [-0.1, -0.05) is 18.2 Å². The molecule has 1 amide bonds. The lowest BCUT2D eigenvalue weighted by Gasteiger charge is -2.11. The van der Waals surface area contributed by atoms with Crippen LogP contribution in [0.5, 0.6) is 5.75 Å². The molecule has 7 nitrogen and oxygen atoms in total. The predicted octanol–water partition coefficient (Wildman–Crippen LogP) is 3.56. The standard InChI is InChI=1S/C20H21ClFN3O4/c1-3-28-20(27)14-8-15(11-23-10-14)25-13(2)6-7-24-19(26)12-29-16-4-5-17(21)18(22)9-16/h4-5,8-11,25H,2-3,6-7,12H2,1H3,(H,24,26). The lowest BCUT2D eigenvalue weighted by molar-refractivity contribution is -0.123. The van der Waals surface area contributed by atoms with E-state index in [0.29, 0.717) is 29.9 Å². The van der Waals surface area contributed by atoms with Gasteiger partial charge in [-0.15, -0.1) is 0 Å². The third-order valence-corrected chi connectivity index (χ3v) is 3.89. The summed E-state index contributed by atoms with van der Waals surface area (Å²) in [6, 6.07) is 5.54. The van der Waals surface area contributed by atoms with Crippen LogP contribution in [0, 0.1) is 5.82 Å². The average Bonchev–Trinajstić information content (AvgIpc) is 2.69. The molecule has 0 saturated heterocycles. The summed E-state index contributed by atoms with van der Waals surface area (Å²) in [7, 11) is 0. The van der Waals surface area contributed by atoms with Gasteiger partial charge in [0.1, 0.15) is 11.6 Å². The SMILES string of the molecule is C=C(CCNC(=O)COc1ccc(Cl)c(F)c1)Nc1cncc(C(=O)OCC)c1. The molecule has 1 aromatic carbocycles. The number of aromatic nitrogens is 1. The number of nitrogens with zero attached hydrogens (tertiary/aromatic N) is 1. The Balaban J connectivity index is 1.72. The monoisotopic (exact) mass is 421 g/mol. The van der Waals surface area contributed by atoms with Gasteiger partial charge in [0.05, 0.1) is 29.1 Å². The van der Waals surface area contributed by atoms with Gasteiger partial charge in [-0.2, -0.15) is 0 Å². The number of hydrogen-bond acceptors (Lipinski definition) is 6. The second-order valence-electron chi connectivity index (χ2n) is 5.88. The first-order chi connectivity index (χ1) is 13.9. The van der Waals surface area contributed by atoms with Gasteiger partial charge in [-0.05, 0) is 25.1 Å². The first-order valence-corrected chi connectivity index (χ1v) is 9.18. The van der Waals surface area contributed by atoms with E-state index < -0.39 is 11.8 Å². The number of ether oxygens (including phenoxy) is 2. The fraction of sp³-hybridized carbons (Fsp3) is 0.250. The van der Waals surface area contributed by atoms with Gasteiger partial charge in [0.15, 0.2) is 6.61 Å². The largest absolute Gasteiger partial charge is 0.484 e. The maximum atomic E-state index is 13.3. The molecule has 1 heterocycles. The minimum atomic E-state index is -0.617. The van der Waals surface area contributed by atoms with Crippen LogP contribution in [-0.2, 0) is 9.53 Å². The number of pyridine rings is 1. The Morgan fingerprint density at radius 2 is 2.07 bits per heavy atom. The van der Waals surface area contributed by atoms with Gasteiger partial charge in [0, 0.05) is 30.9 Å². The number of esters is 1. The second kappa shape index (κ2) is 11.0. The van der Waals surface area contributed by atoms with Crippen LogP contribution in [0.15, 0.2) is 48.9 Å². The molecule has 2 N–H and O–H groups in total. The molecule has 0 bridgehead atoms. The molecule has 0 radical (unpaired) electrons. The number of nitrogens with one attached hydrogen (secondary N) is 2. The molecule has 0 aliphatic carbocycles. The Morgan fingerprint density at radius 1 is 1.28 bits per heavy atom. The number of carbonyl (C=O) groups is 2. The highest BCUT2D eigenvalue weighted by Gasteiger charge is 2.09. The summed E-state index contributed by atoms with van der Waals surface area (Å²) in [5.74, 6) is -1.23. The van der Waals surface area contributed by atoms with Crippen molar-refractivity contribution in [2.75, 3.05) is 25.1 Å². The Morgan fingerprint density at radius 3 is 2.79 bits per heavy atom. The molecule has 29 heavy (non-hydrogen) atoms. The Bertz CT molecular complexity index is 892. The second-order valence-corrected chi connectivity index (χ2v) is 6.28. The van der Waals surface area contributed by atoms with E-state index in [0.717, 1.165) is 6.07 Å². The first kappa shape index (κ1) is 22.2. The summed E-state index contributed by atoms with van der Waals surface area (Å²) in [5, 5.41) is 5.67. The van der Waals surface area contributed by atoms with Crippen LogP contribution in [0.1, 0.15) is 23.7 Å². The van der Waals surface area contributed by atoms with Crippen molar-refractivity contribution in [3.05, 3.63) is 65.3 Å². The highest BCUT2D eigenvalue weighted by molar-refractivity contribution is 6.30. The molecule has 2 aromatic rings. The van der Waals surface area contributed by atoms with Crippen LogP contribution in [-0.4, -0.2) is 36.6 Å². The van der Waals surface area contributed by atoms with Crippen LogP contribution < -0.4 is 15.4 Å². The molecular weight excluding hydrogens is 401 g/mol. The molecule has 2 rings (SSSR count). The maximum absolute atomic E-state index is 13.3. The fourth-order valence-electron chi connectivity index (χ4n) is 2.22. The van der Waals surface area contributed by atoms with E-state index in [4.69, 9.17) is 21.1 Å². The summed E-state index contributed by atoms with van der Waals surface area (Å²) in [6.07, 6.45) is 3.40. The Hall–Kier alpha value is -3.13. The minimum Gasteiger partial charge on any atom is -0.484 e. The molecule has 0 fully saturated rings. The van der Waals surface area contributed by atoms with Gasteiger partial charge in [0.25, 0.3) is 5.91 Å². The van der Waals surface area contributed by atoms with Crippen molar-refractivity contribution in [3.63, 3.8) is 0 Å². The van der Waals surface area contributed by atoms with Crippen LogP contribution in [0.2, 0.25) is 5.02 Å². The molecule has 0 unspecified atom stereocenters. The van der Waals surface area contributed by atoms with Crippen LogP contribution in [0.4, 0.5) is 10.1 Å². The third kappa shape index (κ3) is 7.42. The van der Waals surface area contributed by atoms with Crippen molar-refractivity contribution in [2.45, 2.75) is 13.3 Å². The van der Waals surface area contributed by atoms with Gasteiger partial charge in [0.2, 0.25) is 0 Å². The minimum absolute atomic E-state index is 0.0178. The van der Waals surface area contributed by atoms with Crippen molar-refractivity contribution in [1.29, 1.82) is 0 Å². The Labute approximate surface area is 172 Å². The maximum Gasteiger partial charge on any atom is 0.339 e. The smallest absolute Gasteiger partial charge is 0.339 e. The fourth-order valence-corrected chi connectivity index (χ4v) is 2.34. The number of carbonyl (C=O) groups excluding carboxylic acids is 2. The zero-order valence-corrected chi connectivity index (χ0v) is 16.6. The predicted molar refractivity (Wildman–Crippen MR) is 107 cm³/mol. The van der Waals surface area contributed by atoms with Crippen molar-refractivity contribution in [2.24, 2.45) is 0 Å². The molecule has 0 spiro atoms. The Kier molecular flexibility index (Phi) is 8.42. The molecule has 1 aromatic heterocycles. The summed E-state index contributed by atoms with van der Waals surface area (Å²) in [6.45, 7) is 5.94. The van der Waals surface area contributed by atoms with E-state index in [1.165, 1.54) is 18.3 Å². The van der Waals surface area contributed by atoms with Gasteiger partial charge >= 0.3 is 5.97 Å². The van der Waals surface area contributed by atoms with E-state index >= 15 is 0 Å². The van der Waals surface area contributed by atoms with E-state index in [1.54, 1.807) is 19.2 Å². The van der Waals surface area contributed by atoms with Gasteiger partial charge < -0.3 is 20.1 Å². The molecule has 0 aliphatic rings. The van der Waals surface area contributed by atoms with E-state index in [2.05, 4.69) is 22.2 Å². The number of halogens is 2. The van der Waals surface area contributed by atoms with Crippen molar-refractivity contribution < 1.29 is 23.5 Å². The normalized spacial score (nSPS) is 10.2. The number of rotatable bonds is 10. The summed E-state index contributed by atoms with van der Waals surface area (Å²) < 4.78 is 23.5. The lowest BCUT2D eigenvalue weighted by atomic mass is 10.2. The molecule has 0 aliphatic heterocycles. The van der Waals surface area contributed by atoms with E-state index in [1.807, 2.05) is 0 Å². The van der Waals surface area contributed by atoms with Gasteiger partial charge in [-0.25, -0.2) is 9.18 Å². The van der Waals surface area contributed by atoms with Crippen LogP contribution >= 0.6 is 11.6 Å². The quantitative estimate of drug-likeness (QED) is 0.570. The number of benzene rings is 1. The highest BCUT2D eigenvalue weighted by atomic mass is 35.5. The topological polar surface area (TPSA) is 89.5 Å².